The minimum atomic E-state index is -0.0998. The average molecular weight is 309 g/mol. The van der Waals surface area contributed by atoms with E-state index in [0.717, 1.165) is 12.1 Å². The lowest BCUT2D eigenvalue weighted by Crippen LogP contribution is -2.45. The van der Waals surface area contributed by atoms with Gasteiger partial charge in [0.05, 0.1) is 10.6 Å². The summed E-state index contributed by atoms with van der Waals surface area (Å²) in [7, 11) is 0. The molecule has 4 heteroatoms. The third kappa shape index (κ3) is 3.97. The fourth-order valence-corrected chi connectivity index (χ4v) is 3.60. The number of hydrogen-bond donors (Lipinski definition) is 1. The first-order chi connectivity index (χ1) is 9.88. The normalized spacial score (nSPS) is 25.9. The van der Waals surface area contributed by atoms with Crippen molar-refractivity contribution in [3.8, 4) is 0 Å². The molecule has 21 heavy (non-hydrogen) atoms. The largest absolute Gasteiger partial charge is 0.349 e. The molecule has 116 valence electrons. The first-order valence-electron chi connectivity index (χ1n) is 7.81. The standard InChI is InChI=1S/C17H25ClN2O/c1-10(2)13-6-5-11(3)7-16(13)20-17(21)14-9-19-12(4)8-15(14)18/h8-11,13,16H,5-7H2,1-4H3,(H,20,21). The van der Waals surface area contributed by atoms with E-state index in [9.17, 15) is 4.79 Å². The Labute approximate surface area is 132 Å². The second-order valence-corrected chi connectivity index (χ2v) is 7.12. The van der Waals surface area contributed by atoms with E-state index in [2.05, 4.69) is 31.1 Å². The van der Waals surface area contributed by atoms with Crippen LogP contribution in [0.25, 0.3) is 0 Å². The minimum Gasteiger partial charge on any atom is -0.349 e. The number of carbonyl (C=O) groups is 1. The molecular formula is C17H25ClN2O. The van der Waals surface area contributed by atoms with Gasteiger partial charge in [-0.25, -0.2) is 0 Å². The van der Waals surface area contributed by atoms with Crippen molar-refractivity contribution in [2.24, 2.45) is 17.8 Å². The highest BCUT2D eigenvalue weighted by Crippen LogP contribution is 2.33. The molecule has 1 heterocycles. The predicted molar refractivity (Wildman–Crippen MR) is 86.6 cm³/mol. The molecule has 3 atom stereocenters. The predicted octanol–water partition coefficient (Wildman–Crippen LogP) is 4.23. The molecule has 3 unspecified atom stereocenters. The number of aromatic nitrogens is 1. The highest BCUT2D eigenvalue weighted by Gasteiger charge is 2.32. The Morgan fingerprint density at radius 3 is 2.76 bits per heavy atom. The molecule has 1 aromatic rings. The molecule has 0 bridgehead atoms. The van der Waals surface area contributed by atoms with Crippen LogP contribution in [0.1, 0.15) is 56.1 Å². The van der Waals surface area contributed by atoms with Crippen LogP contribution in [0.5, 0.6) is 0 Å². The smallest absolute Gasteiger partial charge is 0.254 e. The van der Waals surface area contributed by atoms with Crippen molar-refractivity contribution in [3.05, 3.63) is 28.5 Å². The summed E-state index contributed by atoms with van der Waals surface area (Å²) in [6, 6.07) is 1.97. The summed E-state index contributed by atoms with van der Waals surface area (Å²) in [4.78, 5) is 16.7. The van der Waals surface area contributed by atoms with Gasteiger partial charge < -0.3 is 5.32 Å². The SMILES string of the molecule is Cc1cc(Cl)c(C(=O)NC2CC(C)CCC2C(C)C)cn1. The minimum absolute atomic E-state index is 0.0998. The number of amides is 1. The molecule has 1 N–H and O–H groups in total. The van der Waals surface area contributed by atoms with E-state index >= 15 is 0 Å². The summed E-state index contributed by atoms with van der Waals surface area (Å²) < 4.78 is 0. The lowest BCUT2D eigenvalue weighted by atomic mass is 9.74. The maximum Gasteiger partial charge on any atom is 0.254 e. The monoisotopic (exact) mass is 308 g/mol. The zero-order chi connectivity index (χ0) is 15.6. The van der Waals surface area contributed by atoms with Gasteiger partial charge in [-0.15, -0.1) is 0 Å². The second-order valence-electron chi connectivity index (χ2n) is 6.71. The van der Waals surface area contributed by atoms with Crippen molar-refractivity contribution < 1.29 is 4.79 Å². The molecular weight excluding hydrogens is 284 g/mol. The van der Waals surface area contributed by atoms with Gasteiger partial charge in [-0.2, -0.15) is 0 Å². The molecule has 0 aliphatic heterocycles. The van der Waals surface area contributed by atoms with Crippen molar-refractivity contribution in [2.45, 2.75) is 53.0 Å². The van der Waals surface area contributed by atoms with Gasteiger partial charge in [0.1, 0.15) is 0 Å². The van der Waals surface area contributed by atoms with E-state index in [0.29, 0.717) is 28.3 Å². The Morgan fingerprint density at radius 2 is 2.14 bits per heavy atom. The molecule has 1 aromatic heterocycles. The fraction of sp³-hybridized carbons (Fsp3) is 0.647. The van der Waals surface area contributed by atoms with Crippen LogP contribution in [0, 0.1) is 24.7 Å². The number of nitrogens with zero attached hydrogens (tertiary/aromatic N) is 1. The van der Waals surface area contributed by atoms with Gasteiger partial charge in [-0.1, -0.05) is 38.8 Å². The molecule has 0 aromatic carbocycles. The Hall–Kier alpha value is -1.09. The van der Waals surface area contributed by atoms with E-state index in [1.165, 1.54) is 12.8 Å². The van der Waals surface area contributed by atoms with E-state index in [1.807, 2.05) is 6.92 Å². The molecule has 1 aliphatic carbocycles. The molecule has 0 spiro atoms. The molecule has 1 amide bonds. The molecule has 1 saturated carbocycles. The van der Waals surface area contributed by atoms with E-state index in [4.69, 9.17) is 11.6 Å². The number of halogens is 1. The van der Waals surface area contributed by atoms with Crippen LogP contribution in [0.15, 0.2) is 12.3 Å². The van der Waals surface area contributed by atoms with Crippen LogP contribution in [0.2, 0.25) is 5.02 Å². The topological polar surface area (TPSA) is 42.0 Å². The van der Waals surface area contributed by atoms with Gasteiger partial charge in [-0.05, 0) is 43.6 Å². The molecule has 0 saturated heterocycles. The number of pyridine rings is 1. The first kappa shape index (κ1) is 16.3. The maximum atomic E-state index is 12.5. The van der Waals surface area contributed by atoms with Gasteiger partial charge in [-0.3, -0.25) is 9.78 Å². The fourth-order valence-electron chi connectivity index (χ4n) is 3.31. The highest BCUT2D eigenvalue weighted by atomic mass is 35.5. The number of rotatable bonds is 3. The Bertz CT molecular complexity index is 516. The van der Waals surface area contributed by atoms with Crippen molar-refractivity contribution in [1.82, 2.24) is 10.3 Å². The summed E-state index contributed by atoms with van der Waals surface area (Å²) >= 11 is 6.17. The van der Waals surface area contributed by atoms with Crippen LogP contribution in [0.3, 0.4) is 0 Å². The number of aryl methyl sites for hydroxylation is 1. The highest BCUT2D eigenvalue weighted by molar-refractivity contribution is 6.33. The summed E-state index contributed by atoms with van der Waals surface area (Å²) in [5, 5.41) is 3.67. The second kappa shape index (κ2) is 6.78. The lowest BCUT2D eigenvalue weighted by Gasteiger charge is -2.37. The zero-order valence-electron chi connectivity index (χ0n) is 13.3. The number of nitrogens with one attached hydrogen (secondary N) is 1. The van der Waals surface area contributed by atoms with E-state index in [-0.39, 0.29) is 11.9 Å². The maximum absolute atomic E-state index is 12.5. The van der Waals surface area contributed by atoms with Crippen LogP contribution < -0.4 is 5.32 Å². The van der Waals surface area contributed by atoms with E-state index < -0.39 is 0 Å². The van der Waals surface area contributed by atoms with Crippen molar-refractivity contribution in [1.29, 1.82) is 0 Å². The lowest BCUT2D eigenvalue weighted by molar-refractivity contribution is 0.0867. The number of hydrogen-bond acceptors (Lipinski definition) is 2. The molecule has 1 fully saturated rings. The van der Waals surface area contributed by atoms with Gasteiger partial charge in [0.15, 0.2) is 0 Å². The third-order valence-corrected chi connectivity index (χ3v) is 4.89. The van der Waals surface area contributed by atoms with Crippen LogP contribution >= 0.6 is 11.6 Å². The summed E-state index contributed by atoms with van der Waals surface area (Å²) in [5.41, 5.74) is 1.30. The quantitative estimate of drug-likeness (QED) is 0.907. The summed E-state index contributed by atoms with van der Waals surface area (Å²) in [6.07, 6.45) is 5.06. The Balaban J connectivity index is 2.12. The van der Waals surface area contributed by atoms with Crippen LogP contribution in [0.4, 0.5) is 0 Å². The van der Waals surface area contributed by atoms with Crippen molar-refractivity contribution in [2.75, 3.05) is 0 Å². The molecule has 1 aliphatic rings. The molecule has 3 nitrogen and oxygen atoms in total. The van der Waals surface area contributed by atoms with E-state index in [1.54, 1.807) is 12.3 Å². The van der Waals surface area contributed by atoms with Crippen LogP contribution in [-0.4, -0.2) is 16.9 Å². The zero-order valence-corrected chi connectivity index (χ0v) is 14.1. The third-order valence-electron chi connectivity index (χ3n) is 4.57. The van der Waals surface area contributed by atoms with Gasteiger partial charge in [0.2, 0.25) is 0 Å². The summed E-state index contributed by atoms with van der Waals surface area (Å²) in [5.74, 6) is 1.69. The van der Waals surface area contributed by atoms with Gasteiger partial charge >= 0.3 is 0 Å². The number of carbonyl (C=O) groups excluding carboxylic acids is 1. The molecule has 0 radical (unpaired) electrons. The Morgan fingerprint density at radius 1 is 1.43 bits per heavy atom. The van der Waals surface area contributed by atoms with Crippen molar-refractivity contribution in [3.63, 3.8) is 0 Å². The first-order valence-corrected chi connectivity index (χ1v) is 8.19. The summed E-state index contributed by atoms with van der Waals surface area (Å²) in [6.45, 7) is 8.60. The van der Waals surface area contributed by atoms with Crippen molar-refractivity contribution >= 4 is 17.5 Å². The molecule has 2 rings (SSSR count). The van der Waals surface area contributed by atoms with Gasteiger partial charge in [0.25, 0.3) is 5.91 Å². The van der Waals surface area contributed by atoms with Gasteiger partial charge in [0, 0.05) is 17.9 Å². The Kier molecular flexibility index (Phi) is 5.26. The average Bonchev–Trinajstić information content (AvgIpc) is 2.37. The van der Waals surface area contributed by atoms with Crippen LogP contribution in [-0.2, 0) is 0 Å².